The van der Waals surface area contributed by atoms with Crippen LogP contribution in [0, 0.1) is 9.39 Å². The van der Waals surface area contributed by atoms with Gasteiger partial charge in [0.05, 0.1) is 28.6 Å². The van der Waals surface area contributed by atoms with Crippen LogP contribution < -0.4 is 10.4 Å². The Kier molecular flexibility index (Phi) is 4.10. The van der Waals surface area contributed by atoms with E-state index in [0.29, 0.717) is 41.4 Å². The van der Waals surface area contributed by atoms with Gasteiger partial charge in [-0.2, -0.15) is 0 Å². The van der Waals surface area contributed by atoms with Gasteiger partial charge in [0.15, 0.2) is 11.5 Å². The van der Waals surface area contributed by atoms with Gasteiger partial charge in [-0.1, -0.05) is 12.1 Å². The molecule has 0 radical (unpaired) electrons. The summed E-state index contributed by atoms with van der Waals surface area (Å²) in [5, 5.41) is 0. The van der Waals surface area contributed by atoms with E-state index in [1.54, 1.807) is 27.4 Å². The van der Waals surface area contributed by atoms with E-state index in [0.717, 1.165) is 14.9 Å². The lowest BCUT2D eigenvalue weighted by atomic mass is 10.0. The molecule has 0 amide bonds. The lowest BCUT2D eigenvalue weighted by Crippen LogP contribution is -2.28. The summed E-state index contributed by atoms with van der Waals surface area (Å²) in [7, 11) is 0. The molecule has 1 atom stereocenters. The van der Waals surface area contributed by atoms with Crippen molar-refractivity contribution < 1.29 is 9.13 Å². The largest absolute Gasteiger partial charge is 0.492 e. The lowest BCUT2D eigenvalue weighted by Gasteiger charge is -2.27. The Hall–Kier alpha value is -3.28. The van der Waals surface area contributed by atoms with Crippen LogP contribution in [0.1, 0.15) is 18.0 Å². The summed E-state index contributed by atoms with van der Waals surface area (Å²) in [5.41, 5.74) is 2.82. The highest BCUT2D eigenvalue weighted by Gasteiger charge is 2.28. The third kappa shape index (κ3) is 2.85. The first-order valence-corrected chi connectivity index (χ1v) is 10.7. The number of nitrogens with one attached hydrogen (secondary N) is 1. The highest BCUT2D eigenvalue weighted by molar-refractivity contribution is 14.1. The third-order valence-electron chi connectivity index (χ3n) is 5.46. The highest BCUT2D eigenvalue weighted by Crippen LogP contribution is 2.38. The molecule has 31 heavy (non-hydrogen) atoms. The number of pyridine rings is 1. The molecule has 10 heteroatoms. The molecule has 0 saturated carbocycles. The number of ether oxygens (including phenoxy) is 1. The van der Waals surface area contributed by atoms with E-state index in [4.69, 9.17) is 4.74 Å². The number of fused-ring (bicyclic) bond motifs is 3. The summed E-state index contributed by atoms with van der Waals surface area (Å²) in [5.74, 6) is 0.764. The molecule has 1 aromatic carbocycles. The Morgan fingerprint density at radius 2 is 2.10 bits per heavy atom. The van der Waals surface area contributed by atoms with Crippen LogP contribution in [0.2, 0.25) is 0 Å². The summed E-state index contributed by atoms with van der Waals surface area (Å²) in [6.07, 6.45) is 5.15. The van der Waals surface area contributed by atoms with Gasteiger partial charge in [0.1, 0.15) is 28.4 Å². The number of benzene rings is 1. The van der Waals surface area contributed by atoms with Crippen molar-refractivity contribution in [2.24, 2.45) is 0 Å². The van der Waals surface area contributed by atoms with Crippen LogP contribution in [0.15, 0.2) is 53.7 Å². The van der Waals surface area contributed by atoms with Crippen molar-refractivity contribution in [1.82, 2.24) is 28.9 Å². The minimum Gasteiger partial charge on any atom is -0.492 e. The van der Waals surface area contributed by atoms with E-state index in [1.165, 1.54) is 12.3 Å². The number of rotatable bonds is 2. The number of halogens is 2. The summed E-state index contributed by atoms with van der Waals surface area (Å²) in [4.78, 5) is 29.1. The fourth-order valence-electron chi connectivity index (χ4n) is 4.09. The number of para-hydroxylation sites is 1. The molecular weight excluding hydrogens is 514 g/mol. The molecule has 1 aliphatic rings. The average molecular weight is 528 g/mol. The molecule has 0 fully saturated rings. The molecule has 5 heterocycles. The Bertz CT molecular complexity index is 1540. The monoisotopic (exact) mass is 528 g/mol. The van der Waals surface area contributed by atoms with Crippen molar-refractivity contribution in [1.29, 1.82) is 0 Å². The number of nitrogens with zero attached hydrogens (tertiary/aromatic N) is 5. The van der Waals surface area contributed by atoms with Gasteiger partial charge in [-0.15, -0.1) is 0 Å². The molecule has 0 spiro atoms. The number of aromatic amines is 1. The van der Waals surface area contributed by atoms with E-state index < -0.39 is 0 Å². The van der Waals surface area contributed by atoms with Crippen molar-refractivity contribution in [3.63, 3.8) is 0 Å². The standard InChI is InChI=1S/C21H14FIN6O2/c22-11-4-5-17-24-9-16(28(17)10-11)19-25-8-14-20(27-19)29(21(30)26-14)15-6-7-31-18-12(15)2-1-3-13(18)23/h1-5,8-10,15H,6-7H2,(H,26,30)/t15-/m1/s1. The molecule has 4 aromatic heterocycles. The first-order valence-electron chi connectivity index (χ1n) is 9.61. The van der Waals surface area contributed by atoms with Gasteiger partial charge in [0, 0.05) is 18.2 Å². The predicted octanol–water partition coefficient (Wildman–Crippen LogP) is 3.55. The molecule has 0 aliphatic carbocycles. The zero-order valence-electron chi connectivity index (χ0n) is 15.9. The Morgan fingerprint density at radius 1 is 1.19 bits per heavy atom. The molecule has 0 saturated heterocycles. The molecular formula is C21H14FIN6O2. The molecule has 1 N–H and O–H groups in total. The van der Waals surface area contributed by atoms with Gasteiger partial charge < -0.3 is 9.72 Å². The number of imidazole rings is 2. The zero-order chi connectivity index (χ0) is 21.1. The van der Waals surface area contributed by atoms with E-state index in [-0.39, 0.29) is 17.5 Å². The summed E-state index contributed by atoms with van der Waals surface area (Å²) in [6, 6.07) is 8.62. The van der Waals surface area contributed by atoms with Crippen molar-refractivity contribution >= 4 is 39.4 Å². The molecule has 5 aromatic rings. The zero-order valence-corrected chi connectivity index (χ0v) is 18.1. The molecule has 154 valence electrons. The highest BCUT2D eigenvalue weighted by atomic mass is 127. The second kappa shape index (κ2) is 6.87. The average Bonchev–Trinajstić information content (AvgIpc) is 3.33. The molecule has 6 rings (SSSR count). The van der Waals surface area contributed by atoms with E-state index in [2.05, 4.69) is 42.5 Å². The van der Waals surface area contributed by atoms with Gasteiger partial charge in [0.2, 0.25) is 0 Å². The third-order valence-corrected chi connectivity index (χ3v) is 6.31. The van der Waals surface area contributed by atoms with Crippen molar-refractivity contribution in [3.05, 3.63) is 74.4 Å². The number of hydrogen-bond donors (Lipinski definition) is 1. The van der Waals surface area contributed by atoms with E-state index in [1.807, 2.05) is 18.2 Å². The topological polar surface area (TPSA) is 90.1 Å². The van der Waals surface area contributed by atoms with Crippen molar-refractivity contribution in [2.75, 3.05) is 6.61 Å². The summed E-state index contributed by atoms with van der Waals surface area (Å²) in [6.45, 7) is 0.501. The SMILES string of the molecule is O=c1[nH]c2cnc(-c3cnc4ccc(F)cn34)nc2n1[C@@H]1CCOc2c(I)cccc21. The van der Waals surface area contributed by atoms with Crippen molar-refractivity contribution in [3.8, 4) is 17.3 Å². The summed E-state index contributed by atoms with van der Waals surface area (Å²) < 4.78 is 23.9. The number of aromatic nitrogens is 6. The van der Waals surface area contributed by atoms with Gasteiger partial charge >= 0.3 is 5.69 Å². The maximum atomic E-state index is 13.8. The van der Waals surface area contributed by atoms with Gasteiger partial charge in [-0.25, -0.2) is 24.1 Å². The predicted molar refractivity (Wildman–Crippen MR) is 120 cm³/mol. The molecule has 8 nitrogen and oxygen atoms in total. The molecule has 0 bridgehead atoms. The number of H-pyrrole nitrogens is 1. The van der Waals surface area contributed by atoms with Crippen LogP contribution in [-0.4, -0.2) is 35.5 Å². The Morgan fingerprint density at radius 3 is 3.00 bits per heavy atom. The van der Waals surface area contributed by atoms with Crippen LogP contribution in [0.25, 0.3) is 28.3 Å². The molecule has 0 unspecified atom stereocenters. The number of hydrogen-bond acceptors (Lipinski definition) is 5. The minimum atomic E-state index is -0.389. The fraction of sp³-hybridized carbons (Fsp3) is 0.143. The second-order valence-electron chi connectivity index (χ2n) is 7.26. The van der Waals surface area contributed by atoms with Crippen LogP contribution in [0.5, 0.6) is 5.75 Å². The van der Waals surface area contributed by atoms with Gasteiger partial charge in [-0.05, 0) is 40.8 Å². The van der Waals surface area contributed by atoms with Gasteiger partial charge in [-0.3, -0.25) is 8.97 Å². The molecule has 1 aliphatic heterocycles. The van der Waals surface area contributed by atoms with Crippen LogP contribution in [0.3, 0.4) is 0 Å². The minimum absolute atomic E-state index is 0.220. The first kappa shape index (κ1) is 18.5. The Balaban J connectivity index is 1.56. The Labute approximate surface area is 187 Å². The normalized spacial score (nSPS) is 15.9. The van der Waals surface area contributed by atoms with Crippen molar-refractivity contribution in [2.45, 2.75) is 12.5 Å². The lowest BCUT2D eigenvalue weighted by molar-refractivity contribution is 0.254. The van der Waals surface area contributed by atoms with E-state index in [9.17, 15) is 9.18 Å². The van der Waals surface area contributed by atoms with E-state index >= 15 is 0 Å². The maximum Gasteiger partial charge on any atom is 0.328 e. The van der Waals surface area contributed by atoms with Crippen LogP contribution in [0.4, 0.5) is 4.39 Å². The second-order valence-corrected chi connectivity index (χ2v) is 8.42. The fourth-order valence-corrected chi connectivity index (χ4v) is 4.76. The first-order chi connectivity index (χ1) is 15.1. The van der Waals surface area contributed by atoms with Crippen LogP contribution >= 0.6 is 22.6 Å². The summed E-state index contributed by atoms with van der Waals surface area (Å²) >= 11 is 2.23. The van der Waals surface area contributed by atoms with Crippen LogP contribution in [-0.2, 0) is 0 Å². The maximum absolute atomic E-state index is 13.8. The smallest absolute Gasteiger partial charge is 0.328 e. The quantitative estimate of drug-likeness (QED) is 0.354. The van der Waals surface area contributed by atoms with Gasteiger partial charge in [0.25, 0.3) is 0 Å².